The van der Waals surface area contributed by atoms with E-state index < -0.39 is 0 Å². The highest BCUT2D eigenvalue weighted by atomic mass is 14.6. The Morgan fingerprint density at radius 2 is 0.812 bits per heavy atom. The second-order valence-corrected chi connectivity index (χ2v) is 8.46. The Balaban J connectivity index is 2.32. The Labute approximate surface area is 102 Å². The third-order valence-electron chi connectivity index (χ3n) is 5.22. The van der Waals surface area contributed by atoms with E-state index in [4.69, 9.17) is 0 Å². The second-order valence-electron chi connectivity index (χ2n) is 8.46. The normalized spacial score (nSPS) is 40.1. The minimum Gasteiger partial charge on any atom is -0.0599 e. The predicted octanol–water partition coefficient (Wildman–Crippen LogP) is 5.13. The average Bonchev–Trinajstić information content (AvgIpc) is 2.15. The minimum atomic E-state index is 0.502. The zero-order chi connectivity index (χ0) is 12.1. The highest BCUT2D eigenvalue weighted by Gasteiger charge is 2.51. The van der Waals surface area contributed by atoms with E-state index in [0.717, 1.165) is 23.7 Å². The highest BCUT2D eigenvalue weighted by Crippen LogP contribution is 2.59. The Morgan fingerprint density at radius 3 is 1.00 bits per heavy atom. The number of fused-ring (bicyclic) bond motifs is 3. The fourth-order valence-electron chi connectivity index (χ4n) is 4.94. The summed E-state index contributed by atoms with van der Waals surface area (Å²) in [7, 11) is 0. The van der Waals surface area contributed by atoms with Crippen LogP contribution >= 0.6 is 0 Å². The van der Waals surface area contributed by atoms with Gasteiger partial charge in [0.2, 0.25) is 0 Å². The molecule has 3 aliphatic rings. The lowest BCUT2D eigenvalue weighted by Crippen LogP contribution is -2.50. The summed E-state index contributed by atoms with van der Waals surface area (Å²) in [5.74, 6) is 3.96. The number of hydrogen-bond donors (Lipinski definition) is 0. The summed E-state index contributed by atoms with van der Waals surface area (Å²) in [6.45, 7) is 14.8. The van der Waals surface area contributed by atoms with Gasteiger partial charge >= 0.3 is 0 Å². The van der Waals surface area contributed by atoms with Crippen LogP contribution in [0.15, 0.2) is 0 Å². The van der Waals surface area contributed by atoms with E-state index in [9.17, 15) is 0 Å². The summed E-state index contributed by atoms with van der Waals surface area (Å²) in [5.41, 5.74) is 1.00. The summed E-state index contributed by atoms with van der Waals surface area (Å²) in [4.78, 5) is 0. The van der Waals surface area contributed by atoms with Gasteiger partial charge in [0, 0.05) is 0 Å². The fraction of sp³-hybridized carbons (Fsp3) is 1.00. The number of rotatable bonds is 0. The molecule has 0 aromatic heterocycles. The Hall–Kier alpha value is 0. The van der Waals surface area contributed by atoms with E-state index in [0.29, 0.717) is 10.8 Å². The molecule has 0 unspecified atom stereocenters. The van der Waals surface area contributed by atoms with Gasteiger partial charge in [-0.3, -0.25) is 0 Å². The molecule has 0 spiro atoms. The van der Waals surface area contributed by atoms with Crippen molar-refractivity contribution in [3.8, 4) is 0 Å². The van der Waals surface area contributed by atoms with Crippen LogP contribution in [0.5, 0.6) is 0 Å². The molecule has 94 valence electrons. The first-order valence-corrected chi connectivity index (χ1v) is 7.21. The first kappa shape index (κ1) is 12.5. The fourth-order valence-corrected chi connectivity index (χ4v) is 4.94. The van der Waals surface area contributed by atoms with Gasteiger partial charge in [-0.15, -0.1) is 0 Å². The van der Waals surface area contributed by atoms with Crippen LogP contribution in [0.1, 0.15) is 67.2 Å². The molecule has 0 heteroatoms. The lowest BCUT2D eigenvalue weighted by molar-refractivity contribution is -0.0878. The average molecular weight is 222 g/mol. The van der Waals surface area contributed by atoms with Crippen molar-refractivity contribution < 1.29 is 0 Å². The van der Waals surface area contributed by atoms with Crippen LogP contribution in [-0.2, 0) is 0 Å². The highest BCUT2D eigenvalue weighted by molar-refractivity contribution is 5.00. The predicted molar refractivity (Wildman–Crippen MR) is 71.3 cm³/mol. The molecule has 0 saturated heterocycles. The van der Waals surface area contributed by atoms with Crippen molar-refractivity contribution in [2.75, 3.05) is 0 Å². The molecule has 16 heavy (non-hydrogen) atoms. The van der Waals surface area contributed by atoms with E-state index in [1.165, 1.54) is 25.7 Å². The van der Waals surface area contributed by atoms with Gasteiger partial charge in [-0.2, -0.15) is 0 Å². The van der Waals surface area contributed by atoms with Gasteiger partial charge < -0.3 is 0 Å². The lowest BCUT2D eigenvalue weighted by atomic mass is 9.47. The smallest absolute Gasteiger partial charge is 0.0301 e. The molecule has 0 heterocycles. The maximum absolute atomic E-state index is 2.47. The maximum Gasteiger partial charge on any atom is -0.0301 e. The van der Waals surface area contributed by atoms with Crippen molar-refractivity contribution in [2.45, 2.75) is 67.2 Å². The van der Waals surface area contributed by atoms with Gasteiger partial charge in [0.05, 0.1) is 0 Å². The van der Waals surface area contributed by atoms with Crippen LogP contribution in [0, 0.1) is 34.5 Å². The molecule has 0 nitrogen and oxygen atoms in total. The maximum atomic E-state index is 2.47. The molecule has 2 bridgehead atoms. The molecule has 0 radical (unpaired) electrons. The molecular formula is C16H30. The summed E-state index contributed by atoms with van der Waals surface area (Å²) in [6, 6.07) is 0. The van der Waals surface area contributed by atoms with E-state index in [-0.39, 0.29) is 0 Å². The first-order chi connectivity index (χ1) is 7.21. The minimum absolute atomic E-state index is 0.502. The van der Waals surface area contributed by atoms with Crippen LogP contribution in [0.4, 0.5) is 0 Å². The zero-order valence-electron chi connectivity index (χ0n) is 12.1. The summed E-state index contributed by atoms with van der Waals surface area (Å²) < 4.78 is 0. The second kappa shape index (κ2) is 3.75. The Morgan fingerprint density at radius 1 is 0.562 bits per heavy atom. The molecule has 0 aliphatic heterocycles. The molecule has 3 rings (SSSR count). The molecule has 2 atom stereocenters. The quantitative estimate of drug-likeness (QED) is 0.533. The van der Waals surface area contributed by atoms with E-state index in [1.807, 2.05) is 0 Å². The van der Waals surface area contributed by atoms with Crippen LogP contribution in [-0.4, -0.2) is 0 Å². The van der Waals surface area contributed by atoms with Gasteiger partial charge in [-0.25, -0.2) is 0 Å². The Bertz CT molecular complexity index is 214. The van der Waals surface area contributed by atoms with Crippen LogP contribution in [0.3, 0.4) is 0 Å². The third kappa shape index (κ3) is 2.05. The zero-order valence-corrected chi connectivity index (χ0v) is 12.1. The van der Waals surface area contributed by atoms with Gasteiger partial charge in [-0.05, 0) is 60.2 Å². The molecule has 0 aromatic carbocycles. The monoisotopic (exact) mass is 222 g/mol. The SMILES string of the molecule is CC(C)(C)[C@H]1C2CCC(CC2)[C@@H]1C(C)(C)C. The summed E-state index contributed by atoms with van der Waals surface area (Å²) in [5, 5.41) is 0. The molecule has 3 fully saturated rings. The van der Waals surface area contributed by atoms with Crippen LogP contribution in [0.2, 0.25) is 0 Å². The largest absolute Gasteiger partial charge is 0.0599 e. The molecule has 3 saturated carbocycles. The van der Waals surface area contributed by atoms with E-state index in [2.05, 4.69) is 41.5 Å². The van der Waals surface area contributed by atoms with Gasteiger partial charge in [0.15, 0.2) is 0 Å². The number of hydrogen-bond acceptors (Lipinski definition) is 0. The molecule has 0 N–H and O–H groups in total. The van der Waals surface area contributed by atoms with Crippen molar-refractivity contribution in [3.63, 3.8) is 0 Å². The molecule has 0 aromatic rings. The first-order valence-electron chi connectivity index (χ1n) is 7.21. The topological polar surface area (TPSA) is 0 Å². The summed E-state index contributed by atoms with van der Waals surface area (Å²) in [6.07, 6.45) is 6.05. The third-order valence-corrected chi connectivity index (χ3v) is 5.22. The van der Waals surface area contributed by atoms with Crippen molar-refractivity contribution in [1.82, 2.24) is 0 Å². The van der Waals surface area contributed by atoms with Crippen molar-refractivity contribution in [2.24, 2.45) is 34.5 Å². The molecular weight excluding hydrogens is 192 g/mol. The standard InChI is InChI=1S/C16H30/c1-15(2,3)13-11-7-9-12(10-8-11)14(13)16(4,5)6/h11-14H,7-10H2,1-6H3/t11?,12?,13-,14-/m0/s1. The van der Waals surface area contributed by atoms with E-state index >= 15 is 0 Å². The van der Waals surface area contributed by atoms with Gasteiger partial charge in [0.1, 0.15) is 0 Å². The van der Waals surface area contributed by atoms with Crippen molar-refractivity contribution in [1.29, 1.82) is 0 Å². The molecule has 0 amide bonds. The summed E-state index contributed by atoms with van der Waals surface area (Å²) >= 11 is 0. The molecule has 3 aliphatic carbocycles. The van der Waals surface area contributed by atoms with E-state index in [1.54, 1.807) is 0 Å². The van der Waals surface area contributed by atoms with Gasteiger partial charge in [-0.1, -0.05) is 41.5 Å². The van der Waals surface area contributed by atoms with Crippen LogP contribution in [0.25, 0.3) is 0 Å². The lowest BCUT2D eigenvalue weighted by Gasteiger charge is -2.58. The van der Waals surface area contributed by atoms with Crippen molar-refractivity contribution >= 4 is 0 Å². The van der Waals surface area contributed by atoms with Crippen molar-refractivity contribution in [3.05, 3.63) is 0 Å². The van der Waals surface area contributed by atoms with Crippen LogP contribution < -0.4 is 0 Å². The van der Waals surface area contributed by atoms with Gasteiger partial charge in [0.25, 0.3) is 0 Å². The Kier molecular flexibility index (Phi) is 2.92.